The quantitative estimate of drug-likeness (QED) is 0.680. The first-order valence-corrected chi connectivity index (χ1v) is 11.5. The van der Waals surface area contributed by atoms with Crippen molar-refractivity contribution < 1.29 is 8.42 Å². The zero-order valence-corrected chi connectivity index (χ0v) is 16.7. The topological polar surface area (TPSA) is 117 Å². The number of nitrogen functional groups attached to an aromatic ring is 1. The molecule has 1 aromatic carbocycles. The average Bonchev–Trinajstić information content (AvgIpc) is 3.24. The van der Waals surface area contributed by atoms with E-state index in [4.69, 9.17) is 11.5 Å². The van der Waals surface area contributed by atoms with Gasteiger partial charge in [0.25, 0.3) is 0 Å². The monoisotopic (exact) mass is 399 g/mol. The van der Waals surface area contributed by atoms with Gasteiger partial charge in [-0.3, -0.25) is 0 Å². The summed E-state index contributed by atoms with van der Waals surface area (Å²) in [6.45, 7) is 0. The van der Waals surface area contributed by atoms with Crippen molar-refractivity contribution in [3.8, 4) is 11.1 Å². The lowest BCUT2D eigenvalue weighted by molar-refractivity contribution is 0.523. The molecule has 4 rings (SSSR count). The van der Waals surface area contributed by atoms with Gasteiger partial charge in [0.1, 0.15) is 27.6 Å². The Hall–Kier alpha value is -2.45. The second-order valence-corrected chi connectivity index (χ2v) is 9.97. The summed E-state index contributed by atoms with van der Waals surface area (Å²) in [6.07, 6.45) is 8.26. The van der Waals surface area contributed by atoms with Crippen molar-refractivity contribution in [1.29, 1.82) is 0 Å². The number of hydrogen-bond acceptors (Lipinski definition) is 6. The van der Waals surface area contributed by atoms with Crippen LogP contribution in [0.5, 0.6) is 0 Å². The molecule has 0 radical (unpaired) electrons. The van der Waals surface area contributed by atoms with Gasteiger partial charge in [-0.15, -0.1) is 0 Å². The molecule has 1 aliphatic carbocycles. The molecule has 1 saturated carbocycles. The highest BCUT2D eigenvalue weighted by atomic mass is 32.2. The Morgan fingerprint density at radius 3 is 2.79 bits per heavy atom. The summed E-state index contributed by atoms with van der Waals surface area (Å²) in [7, 11) is -3.01. The van der Waals surface area contributed by atoms with Gasteiger partial charge in [-0.05, 0) is 36.8 Å². The first-order chi connectivity index (χ1) is 13.3. The summed E-state index contributed by atoms with van der Waals surface area (Å²) in [4.78, 5) is 8.69. The maximum absolute atomic E-state index is 11.5. The SMILES string of the molecule is CS(=O)(=O)CCc1cccc(-c2cn([C@H]3CC[C@H](N)C3)c3ncnc(N)c23)c1. The van der Waals surface area contributed by atoms with Gasteiger partial charge in [0.05, 0.1) is 11.1 Å². The molecule has 28 heavy (non-hydrogen) atoms. The zero-order chi connectivity index (χ0) is 19.9. The number of benzene rings is 1. The summed E-state index contributed by atoms with van der Waals surface area (Å²) in [5.41, 5.74) is 16.1. The zero-order valence-electron chi connectivity index (χ0n) is 15.9. The summed E-state index contributed by atoms with van der Waals surface area (Å²) in [6, 6.07) is 8.44. The molecule has 148 valence electrons. The molecule has 1 aliphatic rings. The van der Waals surface area contributed by atoms with Crippen LogP contribution in [0.15, 0.2) is 36.8 Å². The van der Waals surface area contributed by atoms with E-state index in [1.807, 2.05) is 24.3 Å². The number of fused-ring (bicyclic) bond motifs is 1. The number of sulfone groups is 1. The predicted octanol–water partition coefficient (Wildman–Crippen LogP) is 2.32. The molecule has 3 aromatic rings. The van der Waals surface area contributed by atoms with Gasteiger partial charge in [-0.2, -0.15) is 0 Å². The molecule has 2 aromatic heterocycles. The van der Waals surface area contributed by atoms with E-state index in [-0.39, 0.29) is 11.8 Å². The molecule has 0 spiro atoms. The summed E-state index contributed by atoms with van der Waals surface area (Å²) >= 11 is 0. The molecule has 2 heterocycles. The Labute approximate surface area is 164 Å². The minimum Gasteiger partial charge on any atom is -0.383 e. The van der Waals surface area contributed by atoms with Crippen molar-refractivity contribution in [1.82, 2.24) is 14.5 Å². The number of anilines is 1. The molecule has 7 nitrogen and oxygen atoms in total. The Kier molecular flexibility index (Phi) is 4.84. The first-order valence-electron chi connectivity index (χ1n) is 9.45. The average molecular weight is 400 g/mol. The number of aryl methyl sites for hydroxylation is 1. The van der Waals surface area contributed by atoms with Crippen molar-refractivity contribution in [2.24, 2.45) is 5.73 Å². The summed E-state index contributed by atoms with van der Waals surface area (Å²) in [5.74, 6) is 0.575. The molecular weight excluding hydrogens is 374 g/mol. The lowest BCUT2D eigenvalue weighted by Gasteiger charge is -2.12. The van der Waals surface area contributed by atoms with E-state index in [0.717, 1.165) is 47.0 Å². The van der Waals surface area contributed by atoms with Crippen LogP contribution in [0.1, 0.15) is 30.9 Å². The first kappa shape index (κ1) is 18.9. The second kappa shape index (κ2) is 7.18. The maximum atomic E-state index is 11.5. The lowest BCUT2D eigenvalue weighted by atomic mass is 10.0. The third kappa shape index (κ3) is 3.74. The molecule has 1 fully saturated rings. The smallest absolute Gasteiger partial charge is 0.147 e. The number of nitrogens with zero attached hydrogens (tertiary/aromatic N) is 3. The standard InChI is InChI=1S/C20H25N5O2S/c1-28(26,27)8-7-13-3-2-4-14(9-13)17-11-25(16-6-5-15(21)10-16)20-18(17)19(22)23-12-24-20/h2-4,9,11-12,15-16H,5-8,10,21H2,1H3,(H2,22,23,24)/t15-,16-/m0/s1. The van der Waals surface area contributed by atoms with Crippen molar-refractivity contribution >= 4 is 26.7 Å². The Morgan fingerprint density at radius 2 is 2.07 bits per heavy atom. The normalized spacial score (nSPS) is 20.1. The molecule has 0 unspecified atom stereocenters. The van der Waals surface area contributed by atoms with Gasteiger partial charge in [0.2, 0.25) is 0 Å². The minimum absolute atomic E-state index is 0.128. The van der Waals surface area contributed by atoms with Crippen LogP contribution in [-0.2, 0) is 16.3 Å². The molecule has 0 aliphatic heterocycles. The van der Waals surface area contributed by atoms with Gasteiger partial charge in [-0.25, -0.2) is 18.4 Å². The van der Waals surface area contributed by atoms with Crippen LogP contribution in [0, 0.1) is 0 Å². The van der Waals surface area contributed by atoms with E-state index >= 15 is 0 Å². The van der Waals surface area contributed by atoms with Gasteiger partial charge >= 0.3 is 0 Å². The van der Waals surface area contributed by atoms with Crippen LogP contribution >= 0.6 is 0 Å². The van der Waals surface area contributed by atoms with E-state index in [2.05, 4.69) is 20.7 Å². The highest BCUT2D eigenvalue weighted by Gasteiger charge is 2.26. The van der Waals surface area contributed by atoms with E-state index in [9.17, 15) is 8.42 Å². The second-order valence-electron chi connectivity index (χ2n) is 7.71. The number of hydrogen-bond donors (Lipinski definition) is 2. The fourth-order valence-corrected chi connectivity index (χ4v) is 4.65. The predicted molar refractivity (Wildman–Crippen MR) is 112 cm³/mol. The highest BCUT2D eigenvalue weighted by molar-refractivity contribution is 7.90. The van der Waals surface area contributed by atoms with E-state index < -0.39 is 9.84 Å². The molecule has 8 heteroatoms. The van der Waals surface area contributed by atoms with Crippen molar-refractivity contribution in [2.45, 2.75) is 37.8 Å². The molecule has 2 atom stereocenters. The third-order valence-electron chi connectivity index (χ3n) is 5.48. The number of aromatic nitrogens is 3. The summed E-state index contributed by atoms with van der Waals surface area (Å²) in [5, 5.41) is 0.836. The maximum Gasteiger partial charge on any atom is 0.147 e. The Morgan fingerprint density at radius 1 is 1.25 bits per heavy atom. The van der Waals surface area contributed by atoms with E-state index in [1.54, 1.807) is 0 Å². The Balaban J connectivity index is 1.79. The van der Waals surface area contributed by atoms with Crippen LogP contribution in [0.25, 0.3) is 22.2 Å². The van der Waals surface area contributed by atoms with Gasteiger partial charge in [-0.1, -0.05) is 24.3 Å². The van der Waals surface area contributed by atoms with Gasteiger partial charge < -0.3 is 16.0 Å². The van der Waals surface area contributed by atoms with Crippen molar-refractivity contribution in [3.63, 3.8) is 0 Å². The molecule has 0 bridgehead atoms. The molecule has 0 saturated heterocycles. The Bertz CT molecular complexity index is 1120. The third-order valence-corrected chi connectivity index (χ3v) is 6.42. The molecule has 0 amide bonds. The number of nitrogens with two attached hydrogens (primary N) is 2. The number of rotatable bonds is 5. The molecular formula is C20H25N5O2S. The van der Waals surface area contributed by atoms with E-state index in [0.29, 0.717) is 18.3 Å². The van der Waals surface area contributed by atoms with Crippen LogP contribution in [0.2, 0.25) is 0 Å². The van der Waals surface area contributed by atoms with Gasteiger partial charge in [0.15, 0.2) is 0 Å². The molecule has 4 N–H and O–H groups in total. The fourth-order valence-electron chi connectivity index (χ4n) is 4.05. The lowest BCUT2D eigenvalue weighted by Crippen LogP contribution is -2.15. The van der Waals surface area contributed by atoms with Crippen LogP contribution < -0.4 is 11.5 Å². The summed E-state index contributed by atoms with van der Waals surface area (Å²) < 4.78 is 25.2. The minimum atomic E-state index is -3.01. The largest absolute Gasteiger partial charge is 0.383 e. The van der Waals surface area contributed by atoms with Crippen LogP contribution in [0.4, 0.5) is 5.82 Å². The fraction of sp³-hybridized carbons (Fsp3) is 0.400. The van der Waals surface area contributed by atoms with Gasteiger partial charge in [0, 0.05) is 30.1 Å². The van der Waals surface area contributed by atoms with Crippen LogP contribution in [0.3, 0.4) is 0 Å². The van der Waals surface area contributed by atoms with Crippen molar-refractivity contribution in [2.75, 3.05) is 17.7 Å². The van der Waals surface area contributed by atoms with E-state index in [1.165, 1.54) is 12.6 Å². The highest BCUT2D eigenvalue weighted by Crippen LogP contribution is 2.38. The van der Waals surface area contributed by atoms with Crippen molar-refractivity contribution in [3.05, 3.63) is 42.4 Å². The van der Waals surface area contributed by atoms with Crippen LogP contribution in [-0.4, -0.2) is 41.0 Å².